The molecular formula is C16H23N3. The van der Waals surface area contributed by atoms with Crippen molar-refractivity contribution < 1.29 is 0 Å². The van der Waals surface area contributed by atoms with E-state index in [1.807, 2.05) is 6.07 Å². The molecule has 0 unspecified atom stereocenters. The van der Waals surface area contributed by atoms with Gasteiger partial charge in [-0.3, -0.25) is 0 Å². The summed E-state index contributed by atoms with van der Waals surface area (Å²) in [6.07, 6.45) is 6.76. The van der Waals surface area contributed by atoms with Crippen LogP contribution in [0.5, 0.6) is 0 Å². The van der Waals surface area contributed by atoms with E-state index in [1.165, 1.54) is 37.6 Å². The first-order chi connectivity index (χ1) is 9.24. The summed E-state index contributed by atoms with van der Waals surface area (Å²) in [7, 11) is 2.09. The lowest BCUT2D eigenvalue weighted by Gasteiger charge is -2.27. The monoisotopic (exact) mass is 257 g/mol. The number of imidazole rings is 1. The first kappa shape index (κ1) is 12.5. The van der Waals surface area contributed by atoms with Gasteiger partial charge in [-0.1, -0.05) is 31.9 Å². The average molecular weight is 257 g/mol. The maximum atomic E-state index is 4.69. The van der Waals surface area contributed by atoms with Crippen molar-refractivity contribution in [2.45, 2.75) is 39.0 Å². The molecule has 0 spiro atoms. The van der Waals surface area contributed by atoms with E-state index in [-0.39, 0.29) is 0 Å². The van der Waals surface area contributed by atoms with E-state index >= 15 is 0 Å². The Balaban J connectivity index is 1.80. The minimum absolute atomic E-state index is 0.498. The number of rotatable bonds is 4. The fraction of sp³-hybridized carbons (Fsp3) is 0.562. The van der Waals surface area contributed by atoms with Crippen molar-refractivity contribution in [1.82, 2.24) is 9.55 Å². The predicted molar refractivity (Wildman–Crippen MR) is 80.4 cm³/mol. The molecule has 3 heteroatoms. The molecule has 1 N–H and O–H groups in total. The zero-order chi connectivity index (χ0) is 13.3. The van der Waals surface area contributed by atoms with E-state index < -0.39 is 0 Å². The van der Waals surface area contributed by atoms with Gasteiger partial charge in [-0.15, -0.1) is 0 Å². The van der Waals surface area contributed by atoms with E-state index in [2.05, 4.69) is 42.1 Å². The summed E-state index contributed by atoms with van der Waals surface area (Å²) >= 11 is 0. The molecule has 1 heterocycles. The number of nitrogens with one attached hydrogen (secondary N) is 1. The minimum Gasteiger partial charge on any atom is -0.355 e. The Morgan fingerprint density at radius 2 is 2.00 bits per heavy atom. The average Bonchev–Trinajstić information content (AvgIpc) is 3.03. The lowest BCUT2D eigenvalue weighted by Crippen LogP contribution is -2.26. The molecule has 0 saturated heterocycles. The topological polar surface area (TPSA) is 29.9 Å². The fourth-order valence-corrected chi connectivity index (χ4v) is 3.35. The molecular weight excluding hydrogens is 234 g/mol. The Kier molecular flexibility index (Phi) is 3.21. The van der Waals surface area contributed by atoms with Crippen molar-refractivity contribution in [2.24, 2.45) is 12.5 Å². The van der Waals surface area contributed by atoms with Gasteiger partial charge in [0.25, 0.3) is 0 Å². The van der Waals surface area contributed by atoms with Crippen molar-refractivity contribution in [3.05, 3.63) is 24.3 Å². The van der Waals surface area contributed by atoms with E-state index in [0.717, 1.165) is 18.0 Å². The summed E-state index contributed by atoms with van der Waals surface area (Å²) in [6, 6.07) is 8.31. The van der Waals surface area contributed by atoms with Crippen LogP contribution in [0.4, 0.5) is 5.95 Å². The Morgan fingerprint density at radius 1 is 1.26 bits per heavy atom. The Morgan fingerprint density at radius 3 is 2.68 bits per heavy atom. The number of aryl methyl sites for hydroxylation is 1. The van der Waals surface area contributed by atoms with Crippen molar-refractivity contribution in [1.29, 1.82) is 0 Å². The van der Waals surface area contributed by atoms with Crippen LogP contribution in [0.25, 0.3) is 11.0 Å². The van der Waals surface area contributed by atoms with Crippen LogP contribution in [0.3, 0.4) is 0 Å². The quantitative estimate of drug-likeness (QED) is 0.898. The second-order valence-corrected chi connectivity index (χ2v) is 5.90. The lowest BCUT2D eigenvalue weighted by atomic mass is 9.83. The van der Waals surface area contributed by atoms with Gasteiger partial charge < -0.3 is 9.88 Å². The van der Waals surface area contributed by atoms with Gasteiger partial charge in [0.15, 0.2) is 0 Å². The molecule has 3 rings (SSSR count). The van der Waals surface area contributed by atoms with E-state index in [0.29, 0.717) is 5.41 Å². The number of aromatic nitrogens is 2. The molecule has 1 fully saturated rings. The predicted octanol–water partition coefficient (Wildman–Crippen LogP) is 3.96. The lowest BCUT2D eigenvalue weighted by molar-refractivity contribution is 0.306. The van der Waals surface area contributed by atoms with E-state index in [4.69, 9.17) is 4.98 Å². The third-order valence-corrected chi connectivity index (χ3v) is 4.82. The van der Waals surface area contributed by atoms with Crippen molar-refractivity contribution in [3.63, 3.8) is 0 Å². The molecule has 0 atom stereocenters. The molecule has 1 aromatic heterocycles. The largest absolute Gasteiger partial charge is 0.355 e. The van der Waals surface area contributed by atoms with Crippen LogP contribution < -0.4 is 5.32 Å². The molecule has 0 bridgehead atoms. The molecule has 1 aromatic carbocycles. The van der Waals surface area contributed by atoms with Crippen molar-refractivity contribution in [3.8, 4) is 0 Å². The Labute approximate surface area is 115 Å². The van der Waals surface area contributed by atoms with Crippen LogP contribution in [0.2, 0.25) is 0 Å². The first-order valence-corrected chi connectivity index (χ1v) is 7.39. The summed E-state index contributed by atoms with van der Waals surface area (Å²) in [5, 5.41) is 3.59. The SMILES string of the molecule is CCC1(CNc2nc3ccccc3n2C)CCCC1. The second kappa shape index (κ2) is 4.87. The second-order valence-electron chi connectivity index (χ2n) is 5.90. The zero-order valence-corrected chi connectivity index (χ0v) is 11.9. The van der Waals surface area contributed by atoms with Gasteiger partial charge in [0.1, 0.15) is 0 Å². The van der Waals surface area contributed by atoms with Gasteiger partial charge in [0, 0.05) is 13.6 Å². The summed E-state index contributed by atoms with van der Waals surface area (Å²) in [5.41, 5.74) is 2.77. The molecule has 0 radical (unpaired) electrons. The van der Waals surface area contributed by atoms with Crippen LogP contribution in [-0.2, 0) is 7.05 Å². The zero-order valence-electron chi connectivity index (χ0n) is 11.9. The number of para-hydroxylation sites is 2. The van der Waals surface area contributed by atoms with Gasteiger partial charge in [-0.2, -0.15) is 0 Å². The highest BCUT2D eigenvalue weighted by Gasteiger charge is 2.31. The van der Waals surface area contributed by atoms with Crippen LogP contribution in [-0.4, -0.2) is 16.1 Å². The number of benzene rings is 1. The third kappa shape index (κ3) is 2.22. The van der Waals surface area contributed by atoms with Crippen LogP contribution in [0.1, 0.15) is 39.0 Å². The molecule has 0 amide bonds. The highest BCUT2D eigenvalue weighted by molar-refractivity contribution is 5.78. The van der Waals surface area contributed by atoms with Crippen LogP contribution in [0, 0.1) is 5.41 Å². The number of hydrogen-bond donors (Lipinski definition) is 1. The van der Waals surface area contributed by atoms with Crippen LogP contribution >= 0.6 is 0 Å². The number of anilines is 1. The Bertz CT molecular complexity index is 564. The summed E-state index contributed by atoms with van der Waals surface area (Å²) in [5.74, 6) is 1.00. The molecule has 19 heavy (non-hydrogen) atoms. The molecule has 0 aliphatic heterocycles. The molecule has 1 saturated carbocycles. The minimum atomic E-state index is 0.498. The highest BCUT2D eigenvalue weighted by atomic mass is 15.2. The maximum Gasteiger partial charge on any atom is 0.203 e. The summed E-state index contributed by atoms with van der Waals surface area (Å²) < 4.78 is 2.16. The van der Waals surface area contributed by atoms with E-state index in [9.17, 15) is 0 Å². The summed E-state index contributed by atoms with van der Waals surface area (Å²) in [4.78, 5) is 4.69. The van der Waals surface area contributed by atoms with Crippen molar-refractivity contribution in [2.75, 3.05) is 11.9 Å². The van der Waals surface area contributed by atoms with Gasteiger partial charge in [0.05, 0.1) is 11.0 Å². The maximum absolute atomic E-state index is 4.69. The first-order valence-electron chi connectivity index (χ1n) is 7.39. The molecule has 1 aliphatic rings. The van der Waals surface area contributed by atoms with Crippen molar-refractivity contribution >= 4 is 17.0 Å². The van der Waals surface area contributed by atoms with Gasteiger partial charge in [0.2, 0.25) is 5.95 Å². The fourth-order valence-electron chi connectivity index (χ4n) is 3.35. The molecule has 102 valence electrons. The normalized spacial score (nSPS) is 18.0. The standard InChI is InChI=1S/C16H23N3/c1-3-16(10-6-7-11-16)12-17-15-18-13-8-4-5-9-14(13)19(15)2/h4-5,8-9H,3,6-7,10-12H2,1-2H3,(H,17,18). The number of hydrogen-bond acceptors (Lipinski definition) is 2. The third-order valence-electron chi connectivity index (χ3n) is 4.82. The smallest absolute Gasteiger partial charge is 0.203 e. The van der Waals surface area contributed by atoms with Crippen LogP contribution in [0.15, 0.2) is 24.3 Å². The highest BCUT2D eigenvalue weighted by Crippen LogP contribution is 2.40. The number of fused-ring (bicyclic) bond motifs is 1. The Hall–Kier alpha value is -1.51. The number of nitrogens with zero attached hydrogens (tertiary/aromatic N) is 2. The molecule has 2 aromatic rings. The van der Waals surface area contributed by atoms with E-state index in [1.54, 1.807) is 0 Å². The molecule has 3 nitrogen and oxygen atoms in total. The van der Waals surface area contributed by atoms with Gasteiger partial charge in [-0.25, -0.2) is 4.98 Å². The van der Waals surface area contributed by atoms with Gasteiger partial charge in [-0.05, 0) is 36.8 Å². The summed E-state index contributed by atoms with van der Waals surface area (Å²) in [6.45, 7) is 3.38. The molecule has 1 aliphatic carbocycles. The van der Waals surface area contributed by atoms with Gasteiger partial charge >= 0.3 is 0 Å².